The fourth-order valence-electron chi connectivity index (χ4n) is 5.28. The van der Waals surface area contributed by atoms with Gasteiger partial charge in [0.1, 0.15) is 11.2 Å². The third kappa shape index (κ3) is 3.08. The van der Waals surface area contributed by atoms with Gasteiger partial charge in [-0.25, -0.2) is 9.55 Å². The summed E-state index contributed by atoms with van der Waals surface area (Å²) < 4.78 is 10.8. The summed E-state index contributed by atoms with van der Waals surface area (Å²) >= 11 is 0. The molecule has 4 heteroatoms. The van der Waals surface area contributed by atoms with Crippen LogP contribution in [0.25, 0.3) is 61.4 Å². The van der Waals surface area contributed by atoms with Gasteiger partial charge < -0.3 is 4.42 Å². The molecule has 0 saturated carbocycles. The third-order valence-electron chi connectivity index (χ3n) is 7.02. The normalized spacial score (nSPS) is 11.6. The van der Waals surface area contributed by atoms with Gasteiger partial charge in [-0.15, -0.1) is 0 Å². The second kappa shape index (κ2) is 7.92. The maximum Gasteiger partial charge on any atom is 0.295 e. The summed E-state index contributed by atoms with van der Waals surface area (Å²) in [7, 11) is 2.14. The molecule has 36 heavy (non-hydrogen) atoms. The minimum atomic E-state index is 0.640. The Labute approximate surface area is 208 Å². The van der Waals surface area contributed by atoms with Crippen molar-refractivity contribution in [3.8, 4) is 28.5 Å². The van der Waals surface area contributed by atoms with Crippen molar-refractivity contribution in [3.05, 3.63) is 115 Å². The molecule has 0 saturated heterocycles. The van der Waals surface area contributed by atoms with E-state index in [1.807, 2.05) is 30.3 Å². The highest BCUT2D eigenvalue weighted by Crippen LogP contribution is 2.35. The fraction of sp³-hybridized carbons (Fsp3) is 0.0625. The molecule has 4 nitrogen and oxygen atoms in total. The molecule has 2 heterocycles. The summed E-state index contributed by atoms with van der Waals surface area (Å²) in [5.74, 6) is 1.75. The van der Waals surface area contributed by atoms with E-state index in [1.54, 1.807) is 0 Å². The number of hydrogen-bond acceptors (Lipinski definition) is 2. The quantitative estimate of drug-likeness (QED) is 0.254. The highest BCUT2D eigenvalue weighted by molar-refractivity contribution is 5.94. The van der Waals surface area contributed by atoms with E-state index < -0.39 is 0 Å². The predicted octanol–water partition coefficient (Wildman–Crippen LogP) is 7.39. The molecule has 172 valence electrons. The first-order valence-corrected chi connectivity index (χ1v) is 12.1. The van der Waals surface area contributed by atoms with Gasteiger partial charge in [0.25, 0.3) is 5.82 Å². The molecular formula is C32H24N3O+. The van der Waals surface area contributed by atoms with Crippen LogP contribution in [0.4, 0.5) is 0 Å². The summed E-state index contributed by atoms with van der Waals surface area (Å²) in [6.07, 6.45) is 0. The molecule has 0 spiro atoms. The van der Waals surface area contributed by atoms with E-state index in [2.05, 4.69) is 102 Å². The molecule has 0 aliphatic rings. The van der Waals surface area contributed by atoms with Crippen molar-refractivity contribution < 1.29 is 8.98 Å². The number of fused-ring (bicyclic) bond motifs is 3. The highest BCUT2D eigenvalue weighted by Gasteiger charge is 2.28. The first kappa shape index (κ1) is 20.7. The third-order valence-corrected chi connectivity index (χ3v) is 7.02. The van der Waals surface area contributed by atoms with Gasteiger partial charge in [0.2, 0.25) is 5.89 Å². The Morgan fingerprint density at radius 2 is 1.53 bits per heavy atom. The first-order chi connectivity index (χ1) is 17.7. The van der Waals surface area contributed by atoms with Gasteiger partial charge in [0.15, 0.2) is 16.6 Å². The van der Waals surface area contributed by atoms with Gasteiger partial charge in [-0.3, -0.25) is 0 Å². The first-order valence-electron chi connectivity index (χ1n) is 12.1. The fourth-order valence-corrected chi connectivity index (χ4v) is 5.28. The molecule has 0 unspecified atom stereocenters. The summed E-state index contributed by atoms with van der Waals surface area (Å²) in [5.41, 5.74) is 8.38. The van der Waals surface area contributed by atoms with Crippen LogP contribution in [0, 0.1) is 6.92 Å². The number of benzene rings is 5. The lowest BCUT2D eigenvalue weighted by molar-refractivity contribution is -0.633. The van der Waals surface area contributed by atoms with Gasteiger partial charge in [-0.1, -0.05) is 66.7 Å². The largest absolute Gasteiger partial charge is 0.436 e. The predicted molar refractivity (Wildman–Crippen MR) is 145 cm³/mol. The maximum atomic E-state index is 6.16. The summed E-state index contributed by atoms with van der Waals surface area (Å²) in [4.78, 5) is 4.86. The van der Waals surface area contributed by atoms with E-state index in [4.69, 9.17) is 9.40 Å². The molecule has 7 rings (SSSR count). The lowest BCUT2D eigenvalue weighted by atomic mass is 10.1. The van der Waals surface area contributed by atoms with E-state index in [0.29, 0.717) is 5.89 Å². The molecule has 0 amide bonds. The Bertz CT molecular complexity index is 1910. The van der Waals surface area contributed by atoms with Crippen LogP contribution in [0.1, 0.15) is 5.56 Å². The van der Waals surface area contributed by atoms with Crippen LogP contribution in [0.3, 0.4) is 0 Å². The van der Waals surface area contributed by atoms with Crippen LogP contribution in [0.15, 0.2) is 114 Å². The topological polar surface area (TPSA) is 34.8 Å². The molecular weight excluding hydrogens is 442 g/mol. The van der Waals surface area contributed by atoms with Gasteiger partial charge in [0, 0.05) is 10.9 Å². The smallest absolute Gasteiger partial charge is 0.295 e. The van der Waals surface area contributed by atoms with Crippen LogP contribution in [0.5, 0.6) is 0 Å². The Morgan fingerprint density at radius 1 is 0.778 bits per heavy atom. The lowest BCUT2D eigenvalue weighted by Gasteiger charge is -2.09. The van der Waals surface area contributed by atoms with Crippen LogP contribution in [-0.2, 0) is 7.05 Å². The number of rotatable bonds is 3. The minimum Gasteiger partial charge on any atom is -0.436 e. The zero-order chi connectivity index (χ0) is 24.2. The number of imidazole rings is 1. The van der Waals surface area contributed by atoms with Crippen molar-refractivity contribution in [2.45, 2.75) is 6.92 Å². The summed E-state index contributed by atoms with van der Waals surface area (Å²) in [6, 6.07) is 38.0. The second-order valence-corrected chi connectivity index (χ2v) is 9.22. The molecule has 0 radical (unpaired) electrons. The number of oxazole rings is 1. The Balaban J connectivity index is 1.54. The minimum absolute atomic E-state index is 0.640. The summed E-state index contributed by atoms with van der Waals surface area (Å²) in [6.45, 7) is 2.14. The van der Waals surface area contributed by atoms with Crippen LogP contribution in [0.2, 0.25) is 0 Å². The molecule has 0 bridgehead atoms. The number of aromatic nitrogens is 3. The highest BCUT2D eigenvalue weighted by atomic mass is 16.3. The molecule has 0 aliphatic heterocycles. The molecule has 2 aromatic heterocycles. The van der Waals surface area contributed by atoms with Crippen molar-refractivity contribution in [2.75, 3.05) is 0 Å². The molecule has 0 aliphatic carbocycles. The van der Waals surface area contributed by atoms with Crippen LogP contribution < -0.4 is 4.57 Å². The standard InChI is InChI=1S/C32H24N3O/c1-21-19-30-26(33-31(36-30)23-12-4-3-5-13-23)20-25(21)32-34(2)28-16-8-9-17-29(28)35(32)27-18-10-14-22-11-6-7-15-24(22)27/h3-20H,1-2H3/q+1. The van der Waals surface area contributed by atoms with Gasteiger partial charge in [0.05, 0.1) is 12.6 Å². The second-order valence-electron chi connectivity index (χ2n) is 9.22. The molecule has 0 N–H and O–H groups in total. The molecule has 7 aromatic rings. The van der Waals surface area contributed by atoms with E-state index in [0.717, 1.165) is 44.8 Å². The summed E-state index contributed by atoms with van der Waals surface area (Å²) in [5, 5.41) is 2.44. The average Bonchev–Trinajstić information content (AvgIpc) is 3.46. The molecule has 0 atom stereocenters. The SMILES string of the molecule is Cc1cc2oc(-c3ccccc3)nc2cc1-c1n(-c2cccc3ccccc23)c2ccccc2[n+]1C. The number of hydrogen-bond donors (Lipinski definition) is 0. The Kier molecular flexibility index (Phi) is 4.55. The van der Waals surface area contributed by atoms with Gasteiger partial charge in [-0.05, 0) is 60.3 Å². The number of aryl methyl sites for hydroxylation is 2. The van der Waals surface area contributed by atoms with E-state index >= 15 is 0 Å². The number of nitrogens with zero attached hydrogens (tertiary/aromatic N) is 3. The van der Waals surface area contributed by atoms with Gasteiger partial charge in [-0.2, -0.15) is 4.57 Å². The van der Waals surface area contributed by atoms with Crippen molar-refractivity contribution in [1.82, 2.24) is 9.55 Å². The number of para-hydroxylation sites is 2. The Hall–Kier alpha value is -4.70. The molecule has 5 aromatic carbocycles. The maximum absolute atomic E-state index is 6.16. The monoisotopic (exact) mass is 466 g/mol. The van der Waals surface area contributed by atoms with Crippen molar-refractivity contribution in [2.24, 2.45) is 7.05 Å². The van der Waals surface area contributed by atoms with Crippen molar-refractivity contribution >= 4 is 32.9 Å². The van der Waals surface area contributed by atoms with E-state index in [9.17, 15) is 0 Å². The van der Waals surface area contributed by atoms with Crippen LogP contribution >= 0.6 is 0 Å². The van der Waals surface area contributed by atoms with Crippen LogP contribution in [-0.4, -0.2) is 9.55 Å². The lowest BCUT2D eigenvalue weighted by Crippen LogP contribution is -2.30. The van der Waals surface area contributed by atoms with E-state index in [-0.39, 0.29) is 0 Å². The van der Waals surface area contributed by atoms with Crippen molar-refractivity contribution in [3.63, 3.8) is 0 Å². The average molecular weight is 467 g/mol. The zero-order valence-electron chi connectivity index (χ0n) is 20.1. The van der Waals surface area contributed by atoms with E-state index in [1.165, 1.54) is 16.3 Å². The molecule has 0 fully saturated rings. The van der Waals surface area contributed by atoms with Crippen molar-refractivity contribution in [1.29, 1.82) is 0 Å². The Morgan fingerprint density at radius 3 is 2.42 bits per heavy atom. The van der Waals surface area contributed by atoms with Gasteiger partial charge >= 0.3 is 0 Å². The zero-order valence-corrected chi connectivity index (χ0v) is 20.1.